The summed E-state index contributed by atoms with van der Waals surface area (Å²) in [4.78, 5) is 11.6. The lowest BCUT2D eigenvalue weighted by Gasteiger charge is -2.28. The Bertz CT molecular complexity index is 675. The van der Waals surface area contributed by atoms with Gasteiger partial charge in [0.2, 0.25) is 0 Å². The Labute approximate surface area is 123 Å². The molecule has 1 saturated carbocycles. The van der Waals surface area contributed by atoms with Crippen molar-refractivity contribution in [1.29, 1.82) is 0 Å². The molecule has 0 atom stereocenters. The first-order valence-corrected chi connectivity index (χ1v) is 7.17. The fourth-order valence-corrected chi connectivity index (χ4v) is 2.82. The number of halogens is 1. The Morgan fingerprint density at radius 1 is 1.19 bits per heavy atom. The first-order chi connectivity index (χ1) is 10.2. The molecule has 1 aliphatic rings. The molecule has 0 spiro atoms. The average Bonchev–Trinajstić information content (AvgIpc) is 2.44. The standard InChI is InChI=1S/C18H17FO2/c1-21-18(20)14-9-13(10-15(19)11-14)17-8-3-2-7-16(17)12-5-4-6-12/h2-3,7-12H,4-6H2,1H3. The third kappa shape index (κ3) is 2.68. The summed E-state index contributed by atoms with van der Waals surface area (Å²) >= 11 is 0. The van der Waals surface area contributed by atoms with E-state index in [1.165, 1.54) is 44.1 Å². The van der Waals surface area contributed by atoms with Crippen LogP contribution in [0.5, 0.6) is 0 Å². The van der Waals surface area contributed by atoms with E-state index in [0.29, 0.717) is 5.92 Å². The van der Waals surface area contributed by atoms with Gasteiger partial charge in [-0.25, -0.2) is 9.18 Å². The quantitative estimate of drug-likeness (QED) is 0.773. The van der Waals surface area contributed by atoms with E-state index in [1.807, 2.05) is 18.2 Å². The van der Waals surface area contributed by atoms with E-state index in [2.05, 4.69) is 10.8 Å². The smallest absolute Gasteiger partial charge is 0.337 e. The van der Waals surface area contributed by atoms with Gasteiger partial charge in [0, 0.05) is 0 Å². The first-order valence-electron chi connectivity index (χ1n) is 7.17. The Morgan fingerprint density at radius 3 is 2.62 bits per heavy atom. The number of rotatable bonds is 3. The predicted molar refractivity (Wildman–Crippen MR) is 79.8 cm³/mol. The second-order valence-corrected chi connectivity index (χ2v) is 5.44. The van der Waals surface area contributed by atoms with Crippen LogP contribution in [-0.2, 0) is 4.74 Å². The van der Waals surface area contributed by atoms with Gasteiger partial charge in [-0.1, -0.05) is 30.7 Å². The highest BCUT2D eigenvalue weighted by Gasteiger charge is 2.22. The van der Waals surface area contributed by atoms with Crippen LogP contribution in [0.3, 0.4) is 0 Å². The van der Waals surface area contributed by atoms with Crippen molar-refractivity contribution in [2.45, 2.75) is 25.2 Å². The van der Waals surface area contributed by atoms with Crippen LogP contribution in [-0.4, -0.2) is 13.1 Å². The number of carbonyl (C=O) groups is 1. The van der Waals surface area contributed by atoms with Crippen LogP contribution >= 0.6 is 0 Å². The summed E-state index contributed by atoms with van der Waals surface area (Å²) in [5.41, 5.74) is 3.23. The van der Waals surface area contributed by atoms with Crippen LogP contribution in [0.25, 0.3) is 11.1 Å². The molecule has 0 heterocycles. The van der Waals surface area contributed by atoms with Gasteiger partial charge in [0.05, 0.1) is 12.7 Å². The number of carbonyl (C=O) groups excluding carboxylic acids is 1. The summed E-state index contributed by atoms with van der Waals surface area (Å²) in [5, 5.41) is 0. The maximum absolute atomic E-state index is 13.8. The number of hydrogen-bond donors (Lipinski definition) is 0. The molecule has 0 saturated heterocycles. The van der Waals surface area contributed by atoms with Gasteiger partial charge in [-0.3, -0.25) is 0 Å². The minimum Gasteiger partial charge on any atom is -0.465 e. The molecule has 2 aromatic carbocycles. The molecule has 1 aliphatic carbocycles. The molecule has 3 heteroatoms. The van der Waals surface area contributed by atoms with Gasteiger partial charge in [0.25, 0.3) is 0 Å². The van der Waals surface area contributed by atoms with Crippen molar-refractivity contribution in [3.63, 3.8) is 0 Å². The molecule has 2 nitrogen and oxygen atoms in total. The van der Waals surface area contributed by atoms with Crippen LogP contribution in [0.15, 0.2) is 42.5 Å². The molecule has 0 radical (unpaired) electrons. The van der Waals surface area contributed by atoms with Crippen molar-refractivity contribution >= 4 is 5.97 Å². The third-order valence-corrected chi connectivity index (χ3v) is 4.14. The second-order valence-electron chi connectivity index (χ2n) is 5.44. The molecule has 2 aromatic rings. The fraction of sp³-hybridized carbons (Fsp3) is 0.278. The summed E-state index contributed by atoms with van der Waals surface area (Å²) in [7, 11) is 1.30. The number of benzene rings is 2. The Hall–Kier alpha value is -2.16. The minimum atomic E-state index is -0.517. The second kappa shape index (κ2) is 5.68. The summed E-state index contributed by atoms with van der Waals surface area (Å²) in [5.74, 6) is -0.390. The lowest BCUT2D eigenvalue weighted by Crippen LogP contribution is -2.10. The van der Waals surface area contributed by atoms with E-state index in [-0.39, 0.29) is 5.56 Å². The zero-order chi connectivity index (χ0) is 14.8. The highest BCUT2D eigenvalue weighted by molar-refractivity contribution is 5.91. The summed E-state index contributed by atoms with van der Waals surface area (Å²) in [6.07, 6.45) is 3.60. The number of esters is 1. The van der Waals surface area contributed by atoms with Crippen molar-refractivity contribution < 1.29 is 13.9 Å². The maximum atomic E-state index is 13.8. The van der Waals surface area contributed by atoms with Gasteiger partial charge in [-0.15, -0.1) is 0 Å². The molecule has 1 fully saturated rings. The Balaban J connectivity index is 2.08. The maximum Gasteiger partial charge on any atom is 0.337 e. The molecule has 21 heavy (non-hydrogen) atoms. The van der Waals surface area contributed by atoms with E-state index in [9.17, 15) is 9.18 Å². The van der Waals surface area contributed by atoms with Gasteiger partial charge >= 0.3 is 5.97 Å². The van der Waals surface area contributed by atoms with E-state index >= 15 is 0 Å². The van der Waals surface area contributed by atoms with Gasteiger partial charge in [0.15, 0.2) is 0 Å². The molecule has 0 aliphatic heterocycles. The Morgan fingerprint density at radius 2 is 1.95 bits per heavy atom. The molecule has 108 valence electrons. The van der Waals surface area contributed by atoms with Crippen LogP contribution in [0.1, 0.15) is 41.1 Å². The molecular weight excluding hydrogens is 267 g/mol. The SMILES string of the molecule is COC(=O)c1cc(F)cc(-c2ccccc2C2CCC2)c1. The molecule has 0 N–H and O–H groups in total. The topological polar surface area (TPSA) is 26.3 Å². The van der Waals surface area contributed by atoms with E-state index < -0.39 is 11.8 Å². The molecular formula is C18H17FO2. The van der Waals surface area contributed by atoms with E-state index in [0.717, 1.165) is 11.1 Å². The zero-order valence-corrected chi connectivity index (χ0v) is 11.9. The van der Waals surface area contributed by atoms with Crippen molar-refractivity contribution in [2.75, 3.05) is 7.11 Å². The van der Waals surface area contributed by atoms with E-state index in [1.54, 1.807) is 6.07 Å². The highest BCUT2D eigenvalue weighted by Crippen LogP contribution is 2.41. The predicted octanol–water partition coefficient (Wildman–Crippen LogP) is 4.55. The first kappa shape index (κ1) is 13.8. The molecule has 0 unspecified atom stereocenters. The average molecular weight is 284 g/mol. The summed E-state index contributed by atoms with van der Waals surface area (Å²) in [6.45, 7) is 0. The fourth-order valence-electron chi connectivity index (χ4n) is 2.82. The number of ether oxygens (including phenoxy) is 1. The van der Waals surface area contributed by atoms with Gasteiger partial charge < -0.3 is 4.74 Å². The largest absolute Gasteiger partial charge is 0.465 e. The van der Waals surface area contributed by atoms with Crippen LogP contribution in [0.2, 0.25) is 0 Å². The summed E-state index contributed by atoms with van der Waals surface area (Å²) in [6, 6.07) is 12.4. The van der Waals surface area contributed by atoms with Crippen molar-refractivity contribution in [1.82, 2.24) is 0 Å². The van der Waals surface area contributed by atoms with Gasteiger partial charge in [0.1, 0.15) is 5.82 Å². The van der Waals surface area contributed by atoms with Gasteiger partial charge in [-0.05, 0) is 53.6 Å². The number of hydrogen-bond acceptors (Lipinski definition) is 2. The van der Waals surface area contributed by atoms with Gasteiger partial charge in [-0.2, -0.15) is 0 Å². The molecule has 0 bridgehead atoms. The normalized spacial score (nSPS) is 14.6. The highest BCUT2D eigenvalue weighted by atomic mass is 19.1. The third-order valence-electron chi connectivity index (χ3n) is 4.14. The molecule has 0 aromatic heterocycles. The van der Waals surface area contributed by atoms with Crippen molar-refractivity contribution in [2.24, 2.45) is 0 Å². The number of methoxy groups -OCH3 is 1. The monoisotopic (exact) mass is 284 g/mol. The van der Waals surface area contributed by atoms with Crippen molar-refractivity contribution in [3.8, 4) is 11.1 Å². The minimum absolute atomic E-state index is 0.246. The molecule has 0 amide bonds. The lowest BCUT2D eigenvalue weighted by molar-refractivity contribution is 0.0600. The van der Waals surface area contributed by atoms with Crippen LogP contribution in [0, 0.1) is 5.82 Å². The van der Waals surface area contributed by atoms with Crippen LogP contribution in [0.4, 0.5) is 4.39 Å². The Kier molecular flexibility index (Phi) is 3.74. The van der Waals surface area contributed by atoms with Crippen molar-refractivity contribution in [3.05, 3.63) is 59.4 Å². The summed E-state index contributed by atoms with van der Waals surface area (Å²) < 4.78 is 18.5. The lowest BCUT2D eigenvalue weighted by atomic mass is 9.77. The zero-order valence-electron chi connectivity index (χ0n) is 11.9. The van der Waals surface area contributed by atoms with Crippen LogP contribution < -0.4 is 0 Å². The molecule has 3 rings (SSSR count). The van der Waals surface area contributed by atoms with E-state index in [4.69, 9.17) is 0 Å².